The Balaban J connectivity index is 1.22. The molecule has 1 aromatic rings. The number of guanidine groups is 1. The number of rotatable bonds is 9. The average molecular weight is 406 g/mol. The van der Waals surface area contributed by atoms with Crippen LogP contribution in [0.2, 0.25) is 0 Å². The SMILES string of the molecule is CN=C(NCCCCCN1CCCCC1)NC1CCN(Cc2ccsc2)CC1. The van der Waals surface area contributed by atoms with Crippen LogP contribution in [-0.4, -0.2) is 68.1 Å². The third kappa shape index (κ3) is 7.72. The fourth-order valence-corrected chi connectivity index (χ4v) is 4.95. The first-order chi connectivity index (χ1) is 13.8. The summed E-state index contributed by atoms with van der Waals surface area (Å²) in [6.07, 6.45) is 10.5. The highest BCUT2D eigenvalue weighted by molar-refractivity contribution is 7.07. The Kier molecular flexibility index (Phi) is 9.60. The summed E-state index contributed by atoms with van der Waals surface area (Å²) in [4.78, 5) is 9.64. The van der Waals surface area contributed by atoms with Crippen LogP contribution in [0.3, 0.4) is 0 Å². The molecule has 0 bridgehead atoms. The van der Waals surface area contributed by atoms with Gasteiger partial charge in [0.2, 0.25) is 0 Å². The van der Waals surface area contributed by atoms with E-state index in [0.29, 0.717) is 6.04 Å². The van der Waals surface area contributed by atoms with Gasteiger partial charge in [0.05, 0.1) is 0 Å². The maximum Gasteiger partial charge on any atom is 0.191 e. The molecule has 3 rings (SSSR count). The third-order valence-corrected chi connectivity index (χ3v) is 6.76. The van der Waals surface area contributed by atoms with Gasteiger partial charge >= 0.3 is 0 Å². The van der Waals surface area contributed by atoms with E-state index in [0.717, 1.165) is 19.0 Å². The summed E-state index contributed by atoms with van der Waals surface area (Å²) < 4.78 is 0. The molecule has 5 nitrogen and oxygen atoms in total. The van der Waals surface area contributed by atoms with Crippen LogP contribution in [0.15, 0.2) is 21.8 Å². The molecule has 0 unspecified atom stereocenters. The monoisotopic (exact) mass is 405 g/mol. The minimum Gasteiger partial charge on any atom is -0.356 e. The van der Waals surface area contributed by atoms with Crippen molar-refractivity contribution in [2.45, 2.75) is 64.0 Å². The molecule has 0 aromatic carbocycles. The van der Waals surface area contributed by atoms with Crippen molar-refractivity contribution in [3.05, 3.63) is 22.4 Å². The number of aliphatic imine (C=N–C) groups is 1. The topological polar surface area (TPSA) is 42.9 Å². The average Bonchev–Trinajstić information content (AvgIpc) is 3.25. The van der Waals surface area contributed by atoms with Crippen molar-refractivity contribution >= 4 is 17.3 Å². The molecule has 0 amide bonds. The number of nitrogens with one attached hydrogen (secondary N) is 2. The van der Waals surface area contributed by atoms with Gasteiger partial charge in [-0.15, -0.1) is 0 Å². The summed E-state index contributed by atoms with van der Waals surface area (Å²) in [5.74, 6) is 0.979. The molecule has 2 fully saturated rings. The van der Waals surface area contributed by atoms with Gasteiger partial charge in [-0.3, -0.25) is 9.89 Å². The molecule has 28 heavy (non-hydrogen) atoms. The zero-order valence-electron chi connectivity index (χ0n) is 17.7. The maximum absolute atomic E-state index is 4.43. The van der Waals surface area contributed by atoms with Gasteiger partial charge in [-0.1, -0.05) is 12.8 Å². The molecule has 2 saturated heterocycles. The Labute approximate surface area is 175 Å². The van der Waals surface area contributed by atoms with Gasteiger partial charge in [-0.25, -0.2) is 0 Å². The lowest BCUT2D eigenvalue weighted by Gasteiger charge is -2.33. The summed E-state index contributed by atoms with van der Waals surface area (Å²) in [6, 6.07) is 2.79. The third-order valence-electron chi connectivity index (χ3n) is 6.03. The van der Waals surface area contributed by atoms with Crippen LogP contribution in [-0.2, 0) is 6.54 Å². The molecule has 0 atom stereocenters. The Morgan fingerprint density at radius 2 is 1.89 bits per heavy atom. The van der Waals surface area contributed by atoms with E-state index >= 15 is 0 Å². The number of unbranched alkanes of at least 4 members (excludes halogenated alkanes) is 2. The van der Waals surface area contributed by atoms with Gasteiger partial charge in [0.1, 0.15) is 0 Å². The van der Waals surface area contributed by atoms with E-state index in [4.69, 9.17) is 0 Å². The van der Waals surface area contributed by atoms with E-state index in [2.05, 4.69) is 42.3 Å². The highest BCUT2D eigenvalue weighted by atomic mass is 32.1. The van der Waals surface area contributed by atoms with E-state index < -0.39 is 0 Å². The molecule has 6 heteroatoms. The minimum atomic E-state index is 0.545. The number of piperidine rings is 2. The normalized spacial score (nSPS) is 20.4. The Morgan fingerprint density at radius 3 is 2.61 bits per heavy atom. The highest BCUT2D eigenvalue weighted by Gasteiger charge is 2.20. The predicted octanol–water partition coefficient (Wildman–Crippen LogP) is 3.53. The van der Waals surface area contributed by atoms with Crippen LogP contribution in [0.5, 0.6) is 0 Å². The smallest absolute Gasteiger partial charge is 0.191 e. The van der Waals surface area contributed by atoms with Crippen LogP contribution in [0.25, 0.3) is 0 Å². The standard InChI is InChI=1S/C22H39N5S/c1-23-22(24-11-4-2-5-12-26-13-6-3-7-14-26)25-21-8-15-27(16-9-21)18-20-10-17-28-19-20/h10,17,19,21H,2-9,11-16,18H2,1H3,(H2,23,24,25). The Morgan fingerprint density at radius 1 is 1.07 bits per heavy atom. The van der Waals surface area contributed by atoms with Crippen molar-refractivity contribution in [2.75, 3.05) is 46.3 Å². The fourth-order valence-electron chi connectivity index (χ4n) is 4.29. The number of thiophene rings is 1. The van der Waals surface area contributed by atoms with Crippen LogP contribution < -0.4 is 10.6 Å². The second-order valence-electron chi connectivity index (χ2n) is 8.29. The molecule has 1 aromatic heterocycles. The number of hydrogen-bond donors (Lipinski definition) is 2. The second kappa shape index (κ2) is 12.5. The van der Waals surface area contributed by atoms with Gasteiger partial charge in [0.25, 0.3) is 0 Å². The second-order valence-corrected chi connectivity index (χ2v) is 9.07. The lowest BCUT2D eigenvalue weighted by atomic mass is 10.0. The van der Waals surface area contributed by atoms with Crippen molar-refractivity contribution in [1.82, 2.24) is 20.4 Å². The van der Waals surface area contributed by atoms with Gasteiger partial charge in [0.15, 0.2) is 5.96 Å². The minimum absolute atomic E-state index is 0.545. The van der Waals surface area contributed by atoms with Crippen molar-refractivity contribution in [1.29, 1.82) is 0 Å². The van der Waals surface area contributed by atoms with Crippen molar-refractivity contribution < 1.29 is 0 Å². The summed E-state index contributed by atoms with van der Waals surface area (Å²) in [6.45, 7) is 8.39. The van der Waals surface area contributed by atoms with Crippen molar-refractivity contribution in [3.63, 3.8) is 0 Å². The van der Waals surface area contributed by atoms with Gasteiger partial charge in [-0.2, -0.15) is 11.3 Å². The van der Waals surface area contributed by atoms with Gasteiger partial charge < -0.3 is 15.5 Å². The highest BCUT2D eigenvalue weighted by Crippen LogP contribution is 2.15. The van der Waals surface area contributed by atoms with Crippen molar-refractivity contribution in [3.8, 4) is 0 Å². The van der Waals surface area contributed by atoms with E-state index in [1.807, 2.05) is 7.05 Å². The van der Waals surface area contributed by atoms with E-state index in [-0.39, 0.29) is 0 Å². The Bertz CT molecular complexity index is 545. The molecule has 2 N–H and O–H groups in total. The number of nitrogens with zero attached hydrogens (tertiary/aromatic N) is 3. The van der Waals surface area contributed by atoms with Crippen LogP contribution in [0.1, 0.15) is 56.9 Å². The quantitative estimate of drug-likeness (QED) is 0.375. The summed E-state index contributed by atoms with van der Waals surface area (Å²) >= 11 is 1.79. The maximum atomic E-state index is 4.43. The number of likely N-dealkylation sites (tertiary alicyclic amines) is 2. The molecule has 0 radical (unpaired) electrons. The summed E-state index contributed by atoms with van der Waals surface area (Å²) in [5.41, 5.74) is 1.45. The molecule has 0 saturated carbocycles. The van der Waals surface area contributed by atoms with Crippen molar-refractivity contribution in [2.24, 2.45) is 4.99 Å². The first-order valence-electron chi connectivity index (χ1n) is 11.3. The molecule has 158 valence electrons. The Hall–Kier alpha value is -1.11. The molecular weight excluding hydrogens is 366 g/mol. The first-order valence-corrected chi connectivity index (χ1v) is 12.2. The predicted molar refractivity (Wildman–Crippen MR) is 121 cm³/mol. The molecular formula is C22H39N5S. The molecule has 2 aliphatic rings. The fraction of sp³-hybridized carbons (Fsp3) is 0.773. The van der Waals surface area contributed by atoms with Crippen LogP contribution >= 0.6 is 11.3 Å². The van der Waals surface area contributed by atoms with Crippen LogP contribution in [0, 0.1) is 0 Å². The van der Waals surface area contributed by atoms with Crippen LogP contribution in [0.4, 0.5) is 0 Å². The summed E-state index contributed by atoms with van der Waals surface area (Å²) in [7, 11) is 1.89. The van der Waals surface area contributed by atoms with E-state index in [1.54, 1.807) is 11.3 Å². The lowest BCUT2D eigenvalue weighted by Crippen LogP contribution is -2.48. The largest absolute Gasteiger partial charge is 0.356 e. The zero-order valence-corrected chi connectivity index (χ0v) is 18.5. The first kappa shape index (κ1) is 21.6. The molecule has 2 aliphatic heterocycles. The lowest BCUT2D eigenvalue weighted by molar-refractivity contribution is 0.198. The number of hydrogen-bond acceptors (Lipinski definition) is 4. The molecule has 0 spiro atoms. The van der Waals surface area contributed by atoms with Gasteiger partial charge in [-0.05, 0) is 80.5 Å². The summed E-state index contributed by atoms with van der Waals surface area (Å²) in [5, 5.41) is 11.6. The van der Waals surface area contributed by atoms with E-state index in [9.17, 15) is 0 Å². The molecule has 0 aliphatic carbocycles. The molecule has 3 heterocycles. The zero-order chi connectivity index (χ0) is 19.4. The van der Waals surface area contributed by atoms with E-state index in [1.165, 1.54) is 89.7 Å². The van der Waals surface area contributed by atoms with Gasteiger partial charge in [0, 0.05) is 39.3 Å².